The van der Waals surface area contributed by atoms with Gasteiger partial charge in [0.25, 0.3) is 0 Å². The Bertz CT molecular complexity index is 351. The second-order valence-electron chi connectivity index (χ2n) is 4.39. The summed E-state index contributed by atoms with van der Waals surface area (Å²) in [6.45, 7) is 6.68. The average molecular weight is 248 g/mol. The van der Waals surface area contributed by atoms with Crippen molar-refractivity contribution in [2.75, 3.05) is 19.6 Å². The Hall–Kier alpha value is -0.620. The van der Waals surface area contributed by atoms with Crippen molar-refractivity contribution in [3.05, 3.63) is 0 Å². The summed E-state index contributed by atoms with van der Waals surface area (Å²) in [5.41, 5.74) is 0. The fourth-order valence-electron chi connectivity index (χ4n) is 1.87. The van der Waals surface area contributed by atoms with Crippen molar-refractivity contribution >= 4 is 15.9 Å². The molecular weight excluding hydrogens is 228 g/mol. The first-order chi connectivity index (χ1) is 7.38. The molecule has 6 heteroatoms. The summed E-state index contributed by atoms with van der Waals surface area (Å²) < 4.78 is 25.9. The number of likely N-dealkylation sites (tertiary alicyclic amines) is 1. The van der Waals surface area contributed by atoms with Gasteiger partial charge in [-0.15, -0.1) is 0 Å². The summed E-state index contributed by atoms with van der Waals surface area (Å²) in [7, 11) is -3.25. The van der Waals surface area contributed by atoms with Crippen molar-refractivity contribution in [1.82, 2.24) is 9.62 Å². The molecule has 0 aromatic heterocycles. The van der Waals surface area contributed by atoms with E-state index in [1.54, 1.807) is 11.8 Å². The first-order valence-electron chi connectivity index (χ1n) is 5.65. The van der Waals surface area contributed by atoms with Crippen LogP contribution in [-0.4, -0.2) is 44.1 Å². The Labute approximate surface area is 97.2 Å². The molecule has 0 radical (unpaired) electrons. The molecule has 16 heavy (non-hydrogen) atoms. The fourth-order valence-corrected chi connectivity index (χ4v) is 3.30. The van der Waals surface area contributed by atoms with Crippen LogP contribution < -0.4 is 4.72 Å². The third kappa shape index (κ3) is 2.95. The molecule has 0 unspecified atom stereocenters. The van der Waals surface area contributed by atoms with E-state index in [9.17, 15) is 13.2 Å². The van der Waals surface area contributed by atoms with Crippen LogP contribution in [-0.2, 0) is 14.8 Å². The number of carbonyl (C=O) groups excluding carboxylic acids is 1. The zero-order valence-corrected chi connectivity index (χ0v) is 10.9. The monoisotopic (exact) mass is 248 g/mol. The second kappa shape index (κ2) is 5.14. The van der Waals surface area contributed by atoms with E-state index >= 15 is 0 Å². The zero-order chi connectivity index (χ0) is 12.3. The number of nitrogens with one attached hydrogen (secondary N) is 1. The summed E-state index contributed by atoms with van der Waals surface area (Å²) in [6.07, 6.45) is 0.536. The molecule has 1 heterocycles. The number of amides is 1. The minimum absolute atomic E-state index is 0.0363. The Morgan fingerprint density at radius 1 is 1.50 bits per heavy atom. The molecule has 5 nitrogen and oxygen atoms in total. The Morgan fingerprint density at radius 3 is 2.62 bits per heavy atom. The van der Waals surface area contributed by atoms with Crippen LogP contribution in [0.5, 0.6) is 0 Å². The van der Waals surface area contributed by atoms with Gasteiger partial charge in [0.05, 0.1) is 5.25 Å². The smallest absolute Gasteiger partial charge is 0.225 e. The van der Waals surface area contributed by atoms with Crippen molar-refractivity contribution in [1.29, 1.82) is 0 Å². The quantitative estimate of drug-likeness (QED) is 0.772. The summed E-state index contributed by atoms with van der Waals surface area (Å²) >= 11 is 0. The molecule has 0 spiro atoms. The van der Waals surface area contributed by atoms with E-state index in [4.69, 9.17) is 0 Å². The summed E-state index contributed by atoms with van der Waals surface area (Å²) in [5, 5.41) is -0.449. The van der Waals surface area contributed by atoms with Crippen LogP contribution in [0.2, 0.25) is 0 Å². The molecule has 1 atom stereocenters. The van der Waals surface area contributed by atoms with Crippen LogP contribution >= 0.6 is 0 Å². The van der Waals surface area contributed by atoms with E-state index in [0.717, 1.165) is 0 Å². The largest absolute Gasteiger partial charge is 0.341 e. The van der Waals surface area contributed by atoms with Gasteiger partial charge in [-0.3, -0.25) is 4.79 Å². The highest BCUT2D eigenvalue weighted by Gasteiger charge is 2.35. The summed E-state index contributed by atoms with van der Waals surface area (Å²) in [6, 6.07) is 0. The SMILES string of the molecule is CCNS(=O)(=O)[C@@H]1CCN(C(=O)C(C)C)C1. The van der Waals surface area contributed by atoms with Gasteiger partial charge in [-0.1, -0.05) is 20.8 Å². The number of rotatable bonds is 4. The van der Waals surface area contributed by atoms with E-state index in [-0.39, 0.29) is 11.8 Å². The molecule has 0 aromatic carbocycles. The average Bonchev–Trinajstić information content (AvgIpc) is 2.65. The van der Waals surface area contributed by atoms with Crippen LogP contribution in [0.15, 0.2) is 0 Å². The molecule has 0 aliphatic carbocycles. The molecule has 1 fully saturated rings. The van der Waals surface area contributed by atoms with Gasteiger partial charge in [0.1, 0.15) is 0 Å². The fraction of sp³-hybridized carbons (Fsp3) is 0.900. The third-order valence-electron chi connectivity index (χ3n) is 2.73. The maximum Gasteiger partial charge on any atom is 0.225 e. The molecular formula is C10H20N2O3S. The maximum atomic E-state index is 11.7. The number of sulfonamides is 1. The highest BCUT2D eigenvalue weighted by Crippen LogP contribution is 2.18. The number of carbonyl (C=O) groups is 1. The Morgan fingerprint density at radius 2 is 2.12 bits per heavy atom. The van der Waals surface area contributed by atoms with Gasteiger partial charge in [-0.05, 0) is 6.42 Å². The number of nitrogens with zero attached hydrogens (tertiary/aromatic N) is 1. The van der Waals surface area contributed by atoms with Gasteiger partial charge in [0, 0.05) is 25.6 Å². The highest BCUT2D eigenvalue weighted by molar-refractivity contribution is 7.90. The van der Waals surface area contributed by atoms with Crippen LogP contribution in [0.25, 0.3) is 0 Å². The highest BCUT2D eigenvalue weighted by atomic mass is 32.2. The molecule has 1 amide bonds. The minimum Gasteiger partial charge on any atom is -0.341 e. The van der Waals surface area contributed by atoms with Crippen LogP contribution in [0, 0.1) is 5.92 Å². The van der Waals surface area contributed by atoms with Crippen molar-refractivity contribution < 1.29 is 13.2 Å². The topological polar surface area (TPSA) is 66.5 Å². The van der Waals surface area contributed by atoms with Crippen LogP contribution in [0.3, 0.4) is 0 Å². The van der Waals surface area contributed by atoms with Gasteiger partial charge < -0.3 is 4.90 Å². The lowest BCUT2D eigenvalue weighted by atomic mass is 10.2. The Balaban J connectivity index is 2.63. The van der Waals surface area contributed by atoms with Gasteiger partial charge in [-0.25, -0.2) is 13.1 Å². The third-order valence-corrected chi connectivity index (χ3v) is 4.69. The lowest BCUT2D eigenvalue weighted by Crippen LogP contribution is -2.38. The maximum absolute atomic E-state index is 11.7. The molecule has 0 aromatic rings. The van der Waals surface area contributed by atoms with Crippen molar-refractivity contribution in [3.8, 4) is 0 Å². The van der Waals surface area contributed by atoms with Crippen molar-refractivity contribution in [2.45, 2.75) is 32.4 Å². The summed E-state index contributed by atoms with van der Waals surface area (Å²) in [5.74, 6) is -0.0326. The van der Waals surface area contributed by atoms with Gasteiger partial charge in [0.2, 0.25) is 15.9 Å². The lowest BCUT2D eigenvalue weighted by Gasteiger charge is -2.18. The van der Waals surface area contributed by atoms with E-state index < -0.39 is 15.3 Å². The first-order valence-corrected chi connectivity index (χ1v) is 7.20. The molecule has 1 aliphatic heterocycles. The molecule has 1 N–H and O–H groups in total. The normalized spacial score (nSPS) is 21.8. The predicted octanol–water partition coefficient (Wildman–Crippen LogP) is 0.183. The summed E-state index contributed by atoms with van der Waals surface area (Å²) in [4.78, 5) is 13.3. The molecule has 1 aliphatic rings. The minimum atomic E-state index is -3.25. The van der Waals surface area contributed by atoms with E-state index in [2.05, 4.69) is 4.72 Å². The lowest BCUT2D eigenvalue weighted by molar-refractivity contribution is -0.133. The van der Waals surface area contributed by atoms with Crippen molar-refractivity contribution in [2.24, 2.45) is 5.92 Å². The molecule has 0 saturated carbocycles. The van der Waals surface area contributed by atoms with E-state index in [0.29, 0.717) is 26.1 Å². The van der Waals surface area contributed by atoms with Gasteiger partial charge in [-0.2, -0.15) is 0 Å². The van der Waals surface area contributed by atoms with Crippen LogP contribution in [0.4, 0.5) is 0 Å². The standard InChI is InChI=1S/C10H20N2O3S/c1-4-11-16(14,15)9-5-6-12(7-9)10(13)8(2)3/h8-9,11H,4-7H2,1-3H3/t9-/m1/s1. The Kier molecular flexibility index (Phi) is 4.32. The van der Waals surface area contributed by atoms with Gasteiger partial charge in [0.15, 0.2) is 0 Å². The van der Waals surface area contributed by atoms with Crippen LogP contribution in [0.1, 0.15) is 27.2 Å². The number of hydrogen-bond acceptors (Lipinski definition) is 3. The van der Waals surface area contributed by atoms with Crippen molar-refractivity contribution in [3.63, 3.8) is 0 Å². The number of hydrogen-bond donors (Lipinski definition) is 1. The molecule has 0 bridgehead atoms. The predicted molar refractivity (Wildman–Crippen MR) is 62.4 cm³/mol. The molecule has 1 saturated heterocycles. The molecule has 94 valence electrons. The first kappa shape index (κ1) is 13.4. The van der Waals surface area contributed by atoms with Gasteiger partial charge >= 0.3 is 0 Å². The second-order valence-corrected chi connectivity index (χ2v) is 6.44. The van der Waals surface area contributed by atoms with E-state index in [1.165, 1.54) is 0 Å². The zero-order valence-electron chi connectivity index (χ0n) is 10.1. The van der Waals surface area contributed by atoms with E-state index in [1.807, 2.05) is 13.8 Å². The molecule has 1 rings (SSSR count).